The molecule has 2 rings (SSSR count). The van der Waals surface area contributed by atoms with Crippen molar-refractivity contribution in [3.8, 4) is 0 Å². The van der Waals surface area contributed by atoms with Gasteiger partial charge >= 0.3 is 0 Å². The molecule has 2 atom stereocenters. The predicted octanol–water partition coefficient (Wildman–Crippen LogP) is 2.20. The largest absolute Gasteiger partial charge is 0.378 e. The molecule has 1 aromatic carbocycles. The average molecular weight is 296 g/mol. The monoisotopic (exact) mass is 296 g/mol. The molecule has 0 saturated carbocycles. The van der Waals surface area contributed by atoms with Gasteiger partial charge in [-0.25, -0.2) is 4.39 Å². The number of non-ortho nitro benzene ring substituents is 1. The molecule has 6 nitrogen and oxygen atoms in total. The first-order chi connectivity index (χ1) is 9.90. The molecule has 1 N–H and O–H groups in total. The van der Waals surface area contributed by atoms with E-state index < -0.39 is 16.6 Å². The number of carbonyl (C=O) groups is 1. The van der Waals surface area contributed by atoms with E-state index in [9.17, 15) is 19.3 Å². The summed E-state index contributed by atoms with van der Waals surface area (Å²) in [5, 5.41) is 13.4. The number of aryl methyl sites for hydroxylation is 1. The first-order valence-electron chi connectivity index (χ1n) is 6.74. The summed E-state index contributed by atoms with van der Waals surface area (Å²) >= 11 is 0. The Hall–Kier alpha value is -2.02. The number of hydrogen-bond donors (Lipinski definition) is 1. The molecule has 1 aliphatic rings. The fourth-order valence-corrected chi connectivity index (χ4v) is 2.38. The highest BCUT2D eigenvalue weighted by Gasteiger charge is 2.26. The molecule has 7 heteroatoms. The molecule has 1 amide bonds. The van der Waals surface area contributed by atoms with Crippen molar-refractivity contribution < 1.29 is 18.8 Å². The van der Waals surface area contributed by atoms with Crippen LogP contribution in [-0.2, 0) is 4.74 Å². The zero-order chi connectivity index (χ0) is 15.6. The number of nitrogens with one attached hydrogen (secondary N) is 1. The first kappa shape index (κ1) is 15.4. The maximum Gasteiger partial charge on any atom is 0.270 e. The summed E-state index contributed by atoms with van der Waals surface area (Å²) < 4.78 is 19.3. The molecule has 0 spiro atoms. The number of rotatable bonds is 4. The molecule has 1 fully saturated rings. The summed E-state index contributed by atoms with van der Waals surface area (Å²) in [6.07, 6.45) is 0.875. The molecule has 1 aliphatic heterocycles. The summed E-state index contributed by atoms with van der Waals surface area (Å²) in [5.74, 6) is -1.19. The van der Waals surface area contributed by atoms with Gasteiger partial charge in [-0.15, -0.1) is 0 Å². The van der Waals surface area contributed by atoms with Gasteiger partial charge in [-0.1, -0.05) is 0 Å². The summed E-state index contributed by atoms with van der Waals surface area (Å²) in [4.78, 5) is 22.2. The first-order valence-corrected chi connectivity index (χ1v) is 6.74. The van der Waals surface area contributed by atoms with Crippen LogP contribution in [0.2, 0.25) is 0 Å². The second-order valence-electron chi connectivity index (χ2n) is 5.22. The smallest absolute Gasteiger partial charge is 0.270 e. The lowest BCUT2D eigenvalue weighted by molar-refractivity contribution is -0.385. The van der Waals surface area contributed by atoms with E-state index >= 15 is 0 Å². The molecule has 21 heavy (non-hydrogen) atoms. The van der Waals surface area contributed by atoms with Crippen molar-refractivity contribution in [2.24, 2.45) is 5.92 Å². The summed E-state index contributed by atoms with van der Waals surface area (Å²) in [6.45, 7) is 4.32. The molecule has 114 valence electrons. The normalized spacial score (nSPS) is 21.3. The van der Waals surface area contributed by atoms with Crippen LogP contribution in [0.3, 0.4) is 0 Å². The van der Waals surface area contributed by atoms with Crippen LogP contribution in [0.5, 0.6) is 0 Å². The minimum atomic E-state index is -0.728. The van der Waals surface area contributed by atoms with Crippen LogP contribution in [0, 0.1) is 28.8 Å². The van der Waals surface area contributed by atoms with Gasteiger partial charge in [0, 0.05) is 31.2 Å². The third kappa shape index (κ3) is 3.36. The van der Waals surface area contributed by atoms with Crippen LogP contribution in [-0.4, -0.2) is 30.1 Å². The van der Waals surface area contributed by atoms with E-state index in [-0.39, 0.29) is 28.8 Å². The number of nitrogens with zero attached hydrogens (tertiary/aromatic N) is 1. The minimum Gasteiger partial charge on any atom is -0.378 e. The molecule has 1 heterocycles. The van der Waals surface area contributed by atoms with Gasteiger partial charge in [-0.05, 0) is 25.8 Å². The molecular weight excluding hydrogens is 279 g/mol. The van der Waals surface area contributed by atoms with Crippen molar-refractivity contribution >= 4 is 11.6 Å². The second kappa shape index (κ2) is 6.17. The summed E-state index contributed by atoms with van der Waals surface area (Å²) in [7, 11) is 0. The van der Waals surface area contributed by atoms with Crippen molar-refractivity contribution in [3.63, 3.8) is 0 Å². The number of ether oxygens (including phenoxy) is 1. The molecule has 1 saturated heterocycles. The van der Waals surface area contributed by atoms with Crippen molar-refractivity contribution in [2.75, 3.05) is 13.2 Å². The average Bonchev–Trinajstić information content (AvgIpc) is 2.84. The van der Waals surface area contributed by atoms with Gasteiger partial charge in [0.25, 0.3) is 11.6 Å². The van der Waals surface area contributed by atoms with Crippen molar-refractivity contribution in [2.45, 2.75) is 26.4 Å². The lowest BCUT2D eigenvalue weighted by Crippen LogP contribution is -2.32. The van der Waals surface area contributed by atoms with Crippen LogP contribution < -0.4 is 5.32 Å². The Morgan fingerprint density at radius 3 is 2.86 bits per heavy atom. The van der Waals surface area contributed by atoms with Gasteiger partial charge in [0.05, 0.1) is 16.6 Å². The van der Waals surface area contributed by atoms with Gasteiger partial charge in [-0.3, -0.25) is 14.9 Å². The van der Waals surface area contributed by atoms with Gasteiger partial charge in [-0.2, -0.15) is 0 Å². The van der Waals surface area contributed by atoms with E-state index in [1.807, 2.05) is 6.92 Å². The Bertz CT molecular complexity index is 576. The maximum absolute atomic E-state index is 14.0. The fourth-order valence-electron chi connectivity index (χ4n) is 2.38. The number of carbonyl (C=O) groups excluding carboxylic acids is 1. The minimum absolute atomic E-state index is 0.0435. The Morgan fingerprint density at radius 2 is 2.29 bits per heavy atom. The molecule has 2 unspecified atom stereocenters. The lowest BCUT2D eigenvalue weighted by Gasteiger charge is -2.15. The number of benzene rings is 1. The van der Waals surface area contributed by atoms with E-state index in [4.69, 9.17) is 4.74 Å². The van der Waals surface area contributed by atoms with Crippen LogP contribution in [0.15, 0.2) is 12.1 Å². The Balaban J connectivity index is 2.13. The van der Waals surface area contributed by atoms with Crippen LogP contribution >= 0.6 is 0 Å². The van der Waals surface area contributed by atoms with E-state index in [1.54, 1.807) is 0 Å². The second-order valence-corrected chi connectivity index (χ2v) is 5.22. The molecule has 0 aliphatic carbocycles. The van der Waals surface area contributed by atoms with Gasteiger partial charge in [0.15, 0.2) is 0 Å². The summed E-state index contributed by atoms with van der Waals surface area (Å²) in [5.41, 5.74) is -0.517. The van der Waals surface area contributed by atoms with Gasteiger partial charge < -0.3 is 10.1 Å². The summed E-state index contributed by atoms with van der Waals surface area (Å²) in [6, 6.07) is 2.07. The molecule has 0 aromatic heterocycles. The zero-order valence-electron chi connectivity index (χ0n) is 11.9. The quantitative estimate of drug-likeness (QED) is 0.682. The highest BCUT2D eigenvalue weighted by atomic mass is 19.1. The zero-order valence-corrected chi connectivity index (χ0v) is 11.9. The third-order valence-corrected chi connectivity index (χ3v) is 3.75. The van der Waals surface area contributed by atoms with E-state index in [0.29, 0.717) is 13.2 Å². The highest BCUT2D eigenvalue weighted by molar-refractivity contribution is 5.95. The van der Waals surface area contributed by atoms with E-state index in [1.165, 1.54) is 6.92 Å². The fraction of sp³-hybridized carbons (Fsp3) is 0.500. The Morgan fingerprint density at radius 1 is 1.57 bits per heavy atom. The number of hydrogen-bond acceptors (Lipinski definition) is 4. The molecule has 0 bridgehead atoms. The highest BCUT2D eigenvalue weighted by Crippen LogP contribution is 2.22. The van der Waals surface area contributed by atoms with Crippen LogP contribution in [0.4, 0.5) is 10.1 Å². The van der Waals surface area contributed by atoms with Crippen LogP contribution in [0.1, 0.15) is 29.3 Å². The maximum atomic E-state index is 14.0. The SMILES string of the molecule is Cc1cc([N+](=O)[O-])cc(C(=O)NCC2CCOC2C)c1F. The number of halogens is 1. The predicted molar refractivity (Wildman–Crippen MR) is 73.6 cm³/mol. The number of nitro benzene ring substituents is 1. The molecule has 0 radical (unpaired) electrons. The van der Waals surface area contributed by atoms with Gasteiger partial charge in [0.1, 0.15) is 5.82 Å². The molecular formula is C14H17FN2O4. The standard InChI is InChI=1S/C14H17FN2O4/c1-8-5-11(17(19)20)6-12(13(8)15)14(18)16-7-10-3-4-21-9(10)2/h5-6,9-10H,3-4,7H2,1-2H3,(H,16,18). The third-order valence-electron chi connectivity index (χ3n) is 3.75. The Kier molecular flexibility index (Phi) is 4.52. The number of nitro groups is 1. The van der Waals surface area contributed by atoms with Crippen LogP contribution in [0.25, 0.3) is 0 Å². The van der Waals surface area contributed by atoms with Crippen molar-refractivity contribution in [1.82, 2.24) is 5.32 Å². The topological polar surface area (TPSA) is 81.5 Å². The number of amides is 1. The molecule has 1 aromatic rings. The van der Waals surface area contributed by atoms with E-state index in [2.05, 4.69) is 5.32 Å². The Labute approximate surface area is 121 Å². The van der Waals surface area contributed by atoms with E-state index in [0.717, 1.165) is 18.6 Å². The van der Waals surface area contributed by atoms with Gasteiger partial charge in [0.2, 0.25) is 0 Å². The van der Waals surface area contributed by atoms with Crippen molar-refractivity contribution in [3.05, 3.63) is 39.2 Å². The van der Waals surface area contributed by atoms with Crippen molar-refractivity contribution in [1.29, 1.82) is 0 Å². The lowest BCUT2D eigenvalue weighted by atomic mass is 10.0.